The minimum atomic E-state index is -0.578. The fraction of sp³-hybridized carbons (Fsp3) is 0.435. The van der Waals surface area contributed by atoms with Gasteiger partial charge < -0.3 is 14.8 Å². The molecule has 1 heterocycles. The van der Waals surface area contributed by atoms with Crippen molar-refractivity contribution in [2.45, 2.75) is 64.2 Å². The molecule has 28 heavy (non-hydrogen) atoms. The van der Waals surface area contributed by atoms with Crippen LogP contribution >= 0.6 is 11.6 Å². The Morgan fingerprint density at radius 3 is 2.64 bits per heavy atom. The van der Waals surface area contributed by atoms with Crippen LogP contribution in [0.2, 0.25) is 5.02 Å². The third kappa shape index (κ3) is 4.44. The van der Waals surface area contributed by atoms with Crippen molar-refractivity contribution in [3.8, 4) is 11.5 Å². The Bertz CT molecular complexity index is 819. The number of rotatable bonds is 7. The van der Waals surface area contributed by atoms with E-state index in [0.29, 0.717) is 17.2 Å². The fourth-order valence-corrected chi connectivity index (χ4v) is 3.90. The van der Waals surface area contributed by atoms with Crippen molar-refractivity contribution in [2.75, 3.05) is 0 Å². The van der Waals surface area contributed by atoms with Crippen LogP contribution in [0.15, 0.2) is 48.5 Å². The molecule has 3 rings (SSSR count). The van der Waals surface area contributed by atoms with Crippen LogP contribution in [0.25, 0.3) is 0 Å². The van der Waals surface area contributed by atoms with E-state index in [1.165, 1.54) is 0 Å². The van der Waals surface area contributed by atoms with Crippen molar-refractivity contribution in [1.82, 2.24) is 5.32 Å². The molecule has 0 unspecified atom stereocenters. The highest BCUT2D eigenvalue weighted by Gasteiger charge is 2.39. The van der Waals surface area contributed by atoms with E-state index in [9.17, 15) is 4.79 Å². The van der Waals surface area contributed by atoms with Gasteiger partial charge in [0.1, 0.15) is 17.1 Å². The van der Waals surface area contributed by atoms with E-state index >= 15 is 0 Å². The molecule has 5 heteroatoms. The molecule has 2 atom stereocenters. The van der Waals surface area contributed by atoms with Gasteiger partial charge in [-0.05, 0) is 43.5 Å². The number of carbonyl (C=O) groups is 1. The topological polar surface area (TPSA) is 47.6 Å². The van der Waals surface area contributed by atoms with Crippen molar-refractivity contribution < 1.29 is 14.3 Å². The first-order chi connectivity index (χ1) is 13.5. The summed E-state index contributed by atoms with van der Waals surface area (Å²) in [5.74, 6) is 1.33. The van der Waals surface area contributed by atoms with E-state index in [-0.39, 0.29) is 17.6 Å². The molecule has 2 aromatic carbocycles. The Morgan fingerprint density at radius 1 is 1.21 bits per heavy atom. The summed E-state index contributed by atoms with van der Waals surface area (Å²) >= 11 is 6.03. The average Bonchev–Trinajstić information content (AvgIpc) is 2.71. The lowest BCUT2D eigenvalue weighted by Crippen LogP contribution is -2.47. The van der Waals surface area contributed by atoms with Gasteiger partial charge in [0, 0.05) is 17.0 Å². The standard InChI is InChI=1S/C23H28ClNO3/c1-4-20(27-17-11-9-10-16(24)14-17)22(26)25-19-15-23(5-2,6-3)28-21-13-8-7-12-18(19)21/h7-14,19-20H,4-6,15H2,1-3H3,(H,25,26)/t19-,20-/m1/s1. The maximum atomic E-state index is 13.0. The summed E-state index contributed by atoms with van der Waals surface area (Å²) in [5.41, 5.74) is 0.757. The van der Waals surface area contributed by atoms with Crippen LogP contribution in [0.5, 0.6) is 11.5 Å². The molecule has 150 valence electrons. The number of amides is 1. The molecule has 0 bridgehead atoms. The zero-order valence-electron chi connectivity index (χ0n) is 16.7. The molecule has 2 aromatic rings. The smallest absolute Gasteiger partial charge is 0.261 e. The molecule has 0 saturated carbocycles. The van der Waals surface area contributed by atoms with Crippen LogP contribution in [-0.4, -0.2) is 17.6 Å². The Kier molecular flexibility index (Phi) is 6.50. The molecule has 1 aliphatic heterocycles. The van der Waals surface area contributed by atoms with Gasteiger partial charge in [-0.2, -0.15) is 0 Å². The fourth-order valence-electron chi connectivity index (χ4n) is 3.72. The van der Waals surface area contributed by atoms with Crippen LogP contribution in [-0.2, 0) is 4.79 Å². The van der Waals surface area contributed by atoms with Crippen LogP contribution in [0.1, 0.15) is 58.1 Å². The quantitative estimate of drug-likeness (QED) is 0.647. The number of ether oxygens (including phenoxy) is 2. The summed E-state index contributed by atoms with van der Waals surface area (Å²) in [7, 11) is 0. The summed E-state index contributed by atoms with van der Waals surface area (Å²) in [6, 6.07) is 15.0. The Hall–Kier alpha value is -2.20. The highest BCUT2D eigenvalue weighted by atomic mass is 35.5. The van der Waals surface area contributed by atoms with Crippen LogP contribution in [0.4, 0.5) is 0 Å². The van der Waals surface area contributed by atoms with Crippen molar-refractivity contribution >= 4 is 17.5 Å². The van der Waals surface area contributed by atoms with Crippen molar-refractivity contribution in [3.05, 3.63) is 59.1 Å². The molecule has 0 radical (unpaired) electrons. The number of halogens is 1. The van der Waals surface area contributed by atoms with Gasteiger partial charge in [0.15, 0.2) is 6.10 Å². The third-order valence-corrected chi connectivity index (χ3v) is 5.77. The number of hydrogen-bond acceptors (Lipinski definition) is 3. The lowest BCUT2D eigenvalue weighted by Gasteiger charge is -2.42. The monoisotopic (exact) mass is 401 g/mol. The van der Waals surface area contributed by atoms with E-state index in [0.717, 1.165) is 30.6 Å². The number of hydrogen-bond donors (Lipinski definition) is 1. The van der Waals surface area contributed by atoms with Gasteiger partial charge in [-0.15, -0.1) is 0 Å². The van der Waals surface area contributed by atoms with E-state index in [1.807, 2.05) is 43.3 Å². The van der Waals surface area contributed by atoms with Gasteiger partial charge in [-0.1, -0.05) is 56.6 Å². The Morgan fingerprint density at radius 2 is 1.96 bits per heavy atom. The Balaban J connectivity index is 1.79. The predicted molar refractivity (Wildman–Crippen MR) is 112 cm³/mol. The van der Waals surface area contributed by atoms with Gasteiger partial charge in [-0.3, -0.25) is 4.79 Å². The molecule has 0 fully saturated rings. The first kappa shape index (κ1) is 20.5. The molecular formula is C23H28ClNO3. The normalized spacial score (nSPS) is 18.5. The van der Waals surface area contributed by atoms with Crippen molar-refractivity contribution in [1.29, 1.82) is 0 Å². The molecule has 0 saturated heterocycles. The zero-order valence-corrected chi connectivity index (χ0v) is 17.5. The average molecular weight is 402 g/mol. The second-order valence-corrected chi connectivity index (χ2v) is 7.70. The summed E-state index contributed by atoms with van der Waals surface area (Å²) in [6.45, 7) is 6.20. The van der Waals surface area contributed by atoms with Crippen molar-refractivity contribution in [3.63, 3.8) is 0 Å². The minimum Gasteiger partial charge on any atom is -0.487 e. The van der Waals surface area contributed by atoms with Crippen LogP contribution in [0, 0.1) is 0 Å². The van der Waals surface area contributed by atoms with Crippen molar-refractivity contribution in [2.24, 2.45) is 0 Å². The molecule has 0 aromatic heterocycles. The third-order valence-electron chi connectivity index (χ3n) is 5.54. The predicted octanol–water partition coefficient (Wildman–Crippen LogP) is 5.70. The first-order valence-electron chi connectivity index (χ1n) is 10.0. The Labute approximate surface area is 172 Å². The zero-order chi connectivity index (χ0) is 20.1. The number of nitrogens with one attached hydrogen (secondary N) is 1. The van der Waals surface area contributed by atoms with E-state index in [2.05, 4.69) is 19.2 Å². The van der Waals surface area contributed by atoms with Gasteiger partial charge >= 0.3 is 0 Å². The second-order valence-electron chi connectivity index (χ2n) is 7.27. The van der Waals surface area contributed by atoms with Crippen LogP contribution in [0.3, 0.4) is 0 Å². The number of para-hydroxylation sites is 1. The van der Waals surface area contributed by atoms with Gasteiger partial charge in [0.05, 0.1) is 6.04 Å². The summed E-state index contributed by atoms with van der Waals surface area (Å²) < 4.78 is 12.2. The largest absolute Gasteiger partial charge is 0.487 e. The second kappa shape index (κ2) is 8.87. The maximum Gasteiger partial charge on any atom is 0.261 e. The highest BCUT2D eigenvalue weighted by molar-refractivity contribution is 6.30. The molecular weight excluding hydrogens is 374 g/mol. The molecule has 1 aliphatic rings. The van der Waals surface area contributed by atoms with E-state index < -0.39 is 6.10 Å². The number of fused-ring (bicyclic) bond motifs is 1. The molecule has 1 N–H and O–H groups in total. The molecule has 0 spiro atoms. The maximum absolute atomic E-state index is 13.0. The lowest BCUT2D eigenvalue weighted by atomic mass is 9.83. The van der Waals surface area contributed by atoms with Gasteiger partial charge in [0.2, 0.25) is 0 Å². The molecule has 1 amide bonds. The van der Waals surface area contributed by atoms with E-state index in [4.69, 9.17) is 21.1 Å². The minimum absolute atomic E-state index is 0.102. The van der Waals surface area contributed by atoms with E-state index in [1.54, 1.807) is 12.1 Å². The van der Waals surface area contributed by atoms with Gasteiger partial charge in [-0.25, -0.2) is 0 Å². The lowest BCUT2D eigenvalue weighted by molar-refractivity contribution is -0.129. The number of benzene rings is 2. The summed E-state index contributed by atoms with van der Waals surface area (Å²) in [5, 5.41) is 3.79. The van der Waals surface area contributed by atoms with Crippen LogP contribution < -0.4 is 14.8 Å². The molecule has 4 nitrogen and oxygen atoms in total. The highest BCUT2D eigenvalue weighted by Crippen LogP contribution is 2.42. The SMILES string of the molecule is CC[C@@H](Oc1cccc(Cl)c1)C(=O)N[C@@H]1CC(CC)(CC)Oc2ccccc21. The summed E-state index contributed by atoms with van der Waals surface area (Å²) in [6.07, 6.45) is 2.51. The summed E-state index contributed by atoms with van der Waals surface area (Å²) in [4.78, 5) is 13.0. The molecule has 0 aliphatic carbocycles. The first-order valence-corrected chi connectivity index (χ1v) is 10.4. The van der Waals surface area contributed by atoms with Gasteiger partial charge in [0.25, 0.3) is 5.91 Å². The number of carbonyl (C=O) groups excluding carboxylic acids is 1.